The molecule has 2 aliphatic heterocycles. The molecule has 2 aliphatic rings. The third kappa shape index (κ3) is 5.24. The monoisotopic (exact) mass is 460 g/mol. The van der Waals surface area contributed by atoms with Gasteiger partial charge in [0.15, 0.2) is 0 Å². The summed E-state index contributed by atoms with van der Waals surface area (Å²) < 4.78 is 10.3. The maximum atomic E-state index is 12.9. The molecule has 2 heterocycles. The van der Waals surface area contributed by atoms with Gasteiger partial charge < -0.3 is 25.4 Å². The standard InChI is InChI=1S/C22H28N4O7/c1-14(33-15(2)27)18(19(23)29)24-17(28)11-25-13-22(20(25)30)9-6-10-26(22)21(31)32-12-16-7-4-3-5-8-16/h3-5,7-8,14,18H,6,9-13H2,1-2H3,(H2,23,29)(H,24,28)/t14-,18+,22?/m1/s1. The van der Waals surface area contributed by atoms with Crippen molar-refractivity contribution < 1.29 is 33.4 Å². The Kier molecular flexibility index (Phi) is 7.19. The fourth-order valence-corrected chi connectivity index (χ4v) is 4.26. The lowest BCUT2D eigenvalue weighted by Gasteiger charge is -2.50. The number of likely N-dealkylation sites (tertiary alicyclic amines) is 2. The number of nitrogens with one attached hydrogen (secondary N) is 1. The molecular formula is C22H28N4O7. The van der Waals surface area contributed by atoms with Crippen LogP contribution >= 0.6 is 0 Å². The van der Waals surface area contributed by atoms with Crippen LogP contribution in [-0.2, 0) is 35.3 Å². The number of rotatable bonds is 8. The largest absolute Gasteiger partial charge is 0.460 e. The predicted molar refractivity (Wildman–Crippen MR) is 114 cm³/mol. The van der Waals surface area contributed by atoms with Crippen LogP contribution in [0.25, 0.3) is 0 Å². The number of benzene rings is 1. The van der Waals surface area contributed by atoms with Crippen LogP contribution in [0.1, 0.15) is 32.3 Å². The number of nitrogens with zero attached hydrogens (tertiary/aromatic N) is 2. The minimum absolute atomic E-state index is 0.0988. The topological polar surface area (TPSA) is 148 Å². The second-order valence-corrected chi connectivity index (χ2v) is 8.25. The number of hydrogen-bond acceptors (Lipinski definition) is 7. The van der Waals surface area contributed by atoms with Crippen LogP contribution in [0.3, 0.4) is 0 Å². The van der Waals surface area contributed by atoms with Crippen LogP contribution in [0.5, 0.6) is 0 Å². The van der Waals surface area contributed by atoms with Gasteiger partial charge in [0.05, 0.1) is 13.1 Å². The van der Waals surface area contributed by atoms with Crippen LogP contribution in [0.2, 0.25) is 0 Å². The molecule has 0 aliphatic carbocycles. The van der Waals surface area contributed by atoms with Crippen molar-refractivity contribution in [3.63, 3.8) is 0 Å². The van der Waals surface area contributed by atoms with Crippen molar-refractivity contribution in [2.75, 3.05) is 19.6 Å². The second-order valence-electron chi connectivity index (χ2n) is 8.25. The first kappa shape index (κ1) is 24.0. The minimum Gasteiger partial charge on any atom is -0.460 e. The van der Waals surface area contributed by atoms with E-state index < -0.39 is 41.6 Å². The second kappa shape index (κ2) is 9.88. The van der Waals surface area contributed by atoms with Gasteiger partial charge in [-0.2, -0.15) is 0 Å². The summed E-state index contributed by atoms with van der Waals surface area (Å²) in [4.78, 5) is 63.5. The maximum absolute atomic E-state index is 12.9. The number of carbonyl (C=O) groups excluding carboxylic acids is 5. The van der Waals surface area contributed by atoms with E-state index in [1.165, 1.54) is 23.6 Å². The molecular weight excluding hydrogens is 432 g/mol. The van der Waals surface area contributed by atoms with Crippen molar-refractivity contribution in [3.05, 3.63) is 35.9 Å². The lowest BCUT2D eigenvalue weighted by molar-refractivity contribution is -0.162. The first-order chi connectivity index (χ1) is 15.6. The third-order valence-corrected chi connectivity index (χ3v) is 5.83. The van der Waals surface area contributed by atoms with Crippen molar-refractivity contribution in [2.24, 2.45) is 5.73 Å². The summed E-state index contributed by atoms with van der Waals surface area (Å²) in [5.41, 5.74) is 5.12. The van der Waals surface area contributed by atoms with Gasteiger partial charge in [-0.1, -0.05) is 30.3 Å². The van der Waals surface area contributed by atoms with E-state index in [1.54, 1.807) is 0 Å². The first-order valence-electron chi connectivity index (χ1n) is 10.7. The van der Waals surface area contributed by atoms with Crippen molar-refractivity contribution in [2.45, 2.75) is 51.0 Å². The highest BCUT2D eigenvalue weighted by Gasteiger charge is 2.60. The van der Waals surface area contributed by atoms with Gasteiger partial charge >= 0.3 is 12.1 Å². The Morgan fingerprint density at radius 2 is 1.91 bits per heavy atom. The number of nitrogens with two attached hydrogens (primary N) is 1. The van der Waals surface area contributed by atoms with Crippen molar-refractivity contribution in [1.82, 2.24) is 15.1 Å². The summed E-state index contributed by atoms with van der Waals surface area (Å²) in [6.07, 6.45) is -0.405. The van der Waals surface area contributed by atoms with Gasteiger partial charge in [0, 0.05) is 13.5 Å². The van der Waals surface area contributed by atoms with Crippen molar-refractivity contribution >= 4 is 29.8 Å². The molecule has 1 aromatic carbocycles. The molecule has 1 unspecified atom stereocenters. The molecule has 11 heteroatoms. The van der Waals surface area contributed by atoms with E-state index in [1.807, 2.05) is 30.3 Å². The van der Waals surface area contributed by atoms with Gasteiger partial charge in [0.25, 0.3) is 5.91 Å². The molecule has 0 bridgehead atoms. The van der Waals surface area contributed by atoms with E-state index in [2.05, 4.69) is 5.32 Å². The lowest BCUT2D eigenvalue weighted by atomic mass is 9.85. The summed E-state index contributed by atoms with van der Waals surface area (Å²) in [6.45, 7) is 2.96. The van der Waals surface area contributed by atoms with Crippen LogP contribution in [-0.4, -0.2) is 76.9 Å². The number of hydrogen-bond donors (Lipinski definition) is 2. The fraction of sp³-hybridized carbons (Fsp3) is 0.500. The Morgan fingerprint density at radius 1 is 1.21 bits per heavy atom. The third-order valence-electron chi connectivity index (χ3n) is 5.83. The van der Waals surface area contributed by atoms with Crippen molar-refractivity contribution in [1.29, 1.82) is 0 Å². The Morgan fingerprint density at radius 3 is 2.52 bits per heavy atom. The molecule has 1 spiro atoms. The summed E-state index contributed by atoms with van der Waals surface area (Å²) in [6, 6.07) is 7.99. The molecule has 2 saturated heterocycles. The highest BCUT2D eigenvalue weighted by molar-refractivity contribution is 5.99. The van der Waals surface area contributed by atoms with E-state index in [4.69, 9.17) is 15.2 Å². The smallest absolute Gasteiger partial charge is 0.411 e. The molecule has 1 aromatic rings. The van der Waals surface area contributed by atoms with E-state index >= 15 is 0 Å². The molecule has 3 atom stereocenters. The molecule has 0 aromatic heterocycles. The normalized spacial score (nSPS) is 21.2. The fourth-order valence-electron chi connectivity index (χ4n) is 4.26. The Hall–Kier alpha value is -3.63. The van der Waals surface area contributed by atoms with E-state index in [0.29, 0.717) is 19.4 Å². The molecule has 3 N–H and O–H groups in total. The number of amides is 4. The molecule has 4 amide bonds. The summed E-state index contributed by atoms with van der Waals surface area (Å²) >= 11 is 0. The number of β-lactam (4-membered cyclic amide) rings is 1. The molecule has 2 fully saturated rings. The maximum Gasteiger partial charge on any atom is 0.411 e. The van der Waals surface area contributed by atoms with Gasteiger partial charge in [-0.15, -0.1) is 0 Å². The lowest BCUT2D eigenvalue weighted by Crippen LogP contribution is -2.73. The highest BCUT2D eigenvalue weighted by atomic mass is 16.6. The Bertz CT molecular complexity index is 938. The number of ether oxygens (including phenoxy) is 2. The minimum atomic E-state index is -1.23. The number of carbonyl (C=O) groups is 5. The molecule has 3 rings (SSSR count). The Balaban J connectivity index is 1.55. The zero-order chi connectivity index (χ0) is 24.2. The molecule has 11 nitrogen and oxygen atoms in total. The van der Waals surface area contributed by atoms with E-state index in [-0.39, 0.29) is 25.6 Å². The van der Waals surface area contributed by atoms with Crippen LogP contribution in [0, 0.1) is 0 Å². The predicted octanol–water partition coefficient (Wildman–Crippen LogP) is -0.0783. The van der Waals surface area contributed by atoms with E-state index in [0.717, 1.165) is 5.56 Å². The van der Waals surface area contributed by atoms with Gasteiger partial charge in [-0.3, -0.25) is 24.1 Å². The zero-order valence-corrected chi connectivity index (χ0v) is 18.6. The van der Waals surface area contributed by atoms with Gasteiger partial charge in [0.1, 0.15) is 24.3 Å². The molecule has 0 radical (unpaired) electrons. The SMILES string of the molecule is CC(=O)O[C@H](C)[C@H](NC(=O)CN1CC2(CCCN2C(=O)OCc2ccccc2)C1=O)C(N)=O. The summed E-state index contributed by atoms with van der Waals surface area (Å²) in [5.74, 6) is -2.47. The molecule has 178 valence electrons. The first-order valence-corrected chi connectivity index (χ1v) is 10.7. The van der Waals surface area contributed by atoms with Crippen LogP contribution in [0.4, 0.5) is 4.79 Å². The van der Waals surface area contributed by atoms with Gasteiger partial charge in [-0.25, -0.2) is 4.79 Å². The molecule has 0 saturated carbocycles. The quantitative estimate of drug-likeness (QED) is 0.407. The number of primary amides is 1. The average molecular weight is 460 g/mol. The average Bonchev–Trinajstić information content (AvgIpc) is 3.22. The zero-order valence-electron chi connectivity index (χ0n) is 18.6. The van der Waals surface area contributed by atoms with E-state index in [9.17, 15) is 24.0 Å². The van der Waals surface area contributed by atoms with Crippen molar-refractivity contribution in [3.8, 4) is 0 Å². The van der Waals surface area contributed by atoms with Crippen LogP contribution < -0.4 is 11.1 Å². The van der Waals surface area contributed by atoms with Crippen LogP contribution in [0.15, 0.2) is 30.3 Å². The summed E-state index contributed by atoms with van der Waals surface area (Å²) in [5, 5.41) is 2.40. The Labute approximate surface area is 191 Å². The number of esters is 1. The van der Waals surface area contributed by atoms with Gasteiger partial charge in [0.2, 0.25) is 11.8 Å². The molecule has 33 heavy (non-hydrogen) atoms. The van der Waals surface area contributed by atoms with Gasteiger partial charge in [-0.05, 0) is 25.3 Å². The highest BCUT2D eigenvalue weighted by Crippen LogP contribution is 2.39. The summed E-state index contributed by atoms with van der Waals surface area (Å²) in [7, 11) is 0.